The molecule has 0 saturated carbocycles. The Labute approximate surface area is 210 Å². The van der Waals surface area contributed by atoms with Gasteiger partial charge in [-0.2, -0.15) is 5.10 Å². The first-order valence-electron chi connectivity index (χ1n) is 11.5. The van der Waals surface area contributed by atoms with Crippen LogP contribution in [0, 0.1) is 19.7 Å². The average molecular weight is 486 g/mol. The Hall–Kier alpha value is -4.39. The number of halogens is 1. The lowest BCUT2D eigenvalue weighted by atomic mass is 10.1. The molecule has 0 unspecified atom stereocenters. The van der Waals surface area contributed by atoms with E-state index in [4.69, 9.17) is 9.47 Å². The maximum Gasteiger partial charge on any atom is 0.249 e. The summed E-state index contributed by atoms with van der Waals surface area (Å²) in [5.41, 5.74) is 4.09. The summed E-state index contributed by atoms with van der Waals surface area (Å²) in [4.78, 5) is 12.5. The lowest BCUT2D eigenvalue weighted by Gasteiger charge is -2.12. The molecule has 1 aromatic heterocycles. The highest BCUT2D eigenvalue weighted by Gasteiger charge is 2.10. The number of hydrogen-bond acceptors (Lipinski definition) is 4. The van der Waals surface area contributed by atoms with Crippen LogP contribution in [-0.2, 0) is 17.9 Å². The zero-order valence-electron chi connectivity index (χ0n) is 20.5. The fourth-order valence-corrected chi connectivity index (χ4v) is 3.75. The largest absolute Gasteiger partial charge is 0.496 e. The third kappa shape index (κ3) is 6.18. The standard InChI is InChI=1S/C29H28FN3O3/c1-20-8-4-7-11-26(20)36-19-24-17-22(12-14-27(24)35-3)13-15-29(34)31-28-16-21(2)33(32-28)18-23-9-5-6-10-25(23)30/h4-17H,18-19H2,1-3H3,(H,31,32,34)/b15-13+. The summed E-state index contributed by atoms with van der Waals surface area (Å²) < 4.78 is 27.1. The highest BCUT2D eigenvalue weighted by molar-refractivity contribution is 6.01. The van der Waals surface area contributed by atoms with Gasteiger partial charge in [-0.3, -0.25) is 9.48 Å². The Balaban J connectivity index is 1.41. The number of aryl methyl sites for hydroxylation is 2. The molecule has 36 heavy (non-hydrogen) atoms. The van der Waals surface area contributed by atoms with Gasteiger partial charge in [0, 0.05) is 29.0 Å². The quantitative estimate of drug-likeness (QED) is 0.299. The predicted molar refractivity (Wildman–Crippen MR) is 139 cm³/mol. The summed E-state index contributed by atoms with van der Waals surface area (Å²) in [5, 5.41) is 7.15. The zero-order valence-corrected chi connectivity index (χ0v) is 20.5. The van der Waals surface area contributed by atoms with Gasteiger partial charge in [-0.05, 0) is 55.3 Å². The van der Waals surface area contributed by atoms with Gasteiger partial charge in [0.1, 0.15) is 23.9 Å². The number of rotatable bonds is 9. The van der Waals surface area contributed by atoms with Gasteiger partial charge in [0.15, 0.2) is 5.82 Å². The number of para-hydroxylation sites is 1. The van der Waals surface area contributed by atoms with E-state index in [9.17, 15) is 9.18 Å². The number of carbonyl (C=O) groups is 1. The van der Waals surface area contributed by atoms with E-state index in [0.29, 0.717) is 23.7 Å². The molecule has 7 heteroatoms. The Kier molecular flexibility index (Phi) is 7.80. The summed E-state index contributed by atoms with van der Waals surface area (Å²) in [6.07, 6.45) is 3.16. The van der Waals surface area contributed by atoms with Gasteiger partial charge in [-0.25, -0.2) is 4.39 Å². The number of ether oxygens (including phenoxy) is 2. The van der Waals surface area contributed by atoms with E-state index in [-0.39, 0.29) is 18.3 Å². The smallest absolute Gasteiger partial charge is 0.249 e. The van der Waals surface area contributed by atoms with Gasteiger partial charge in [-0.1, -0.05) is 42.5 Å². The molecule has 1 heterocycles. The zero-order chi connectivity index (χ0) is 25.5. The van der Waals surface area contributed by atoms with Gasteiger partial charge >= 0.3 is 0 Å². The summed E-state index contributed by atoms with van der Waals surface area (Å²) in [6, 6.07) is 21.8. The number of methoxy groups -OCH3 is 1. The number of hydrogen-bond donors (Lipinski definition) is 1. The highest BCUT2D eigenvalue weighted by Crippen LogP contribution is 2.24. The Morgan fingerprint density at radius 3 is 2.56 bits per heavy atom. The van der Waals surface area contributed by atoms with E-state index in [2.05, 4.69) is 10.4 Å². The van der Waals surface area contributed by atoms with E-state index in [1.54, 1.807) is 42.1 Å². The van der Waals surface area contributed by atoms with E-state index >= 15 is 0 Å². The van der Waals surface area contributed by atoms with Crippen molar-refractivity contribution in [2.75, 3.05) is 12.4 Å². The first kappa shape index (κ1) is 24.7. The third-order valence-electron chi connectivity index (χ3n) is 5.72. The summed E-state index contributed by atoms with van der Waals surface area (Å²) in [5.74, 6) is 1.31. The van der Waals surface area contributed by atoms with Crippen molar-refractivity contribution < 1.29 is 18.7 Å². The number of aromatic nitrogens is 2. The summed E-state index contributed by atoms with van der Waals surface area (Å²) >= 11 is 0. The number of nitrogens with one attached hydrogen (secondary N) is 1. The second-order valence-corrected chi connectivity index (χ2v) is 8.37. The van der Waals surface area contributed by atoms with Gasteiger partial charge in [-0.15, -0.1) is 0 Å². The summed E-state index contributed by atoms with van der Waals surface area (Å²) in [7, 11) is 1.61. The molecule has 0 saturated heterocycles. The molecule has 0 radical (unpaired) electrons. The van der Waals surface area contributed by atoms with Crippen LogP contribution in [0.4, 0.5) is 10.2 Å². The van der Waals surface area contributed by atoms with Crippen LogP contribution in [0.1, 0.15) is 27.9 Å². The maximum absolute atomic E-state index is 14.0. The van der Waals surface area contributed by atoms with Crippen LogP contribution < -0.4 is 14.8 Å². The normalized spacial score (nSPS) is 11.0. The molecule has 0 aliphatic carbocycles. The molecule has 3 aromatic carbocycles. The Bertz CT molecular complexity index is 1390. The number of nitrogens with zero attached hydrogens (tertiary/aromatic N) is 2. The molecule has 0 aliphatic heterocycles. The van der Waals surface area contributed by atoms with Crippen molar-refractivity contribution in [1.29, 1.82) is 0 Å². The van der Waals surface area contributed by atoms with Crippen molar-refractivity contribution in [2.24, 2.45) is 0 Å². The van der Waals surface area contributed by atoms with Crippen LogP contribution in [0.2, 0.25) is 0 Å². The van der Waals surface area contributed by atoms with Crippen LogP contribution >= 0.6 is 0 Å². The first-order chi connectivity index (χ1) is 17.4. The van der Waals surface area contributed by atoms with Crippen LogP contribution in [0.25, 0.3) is 6.08 Å². The minimum atomic E-state index is -0.320. The van der Waals surface area contributed by atoms with Gasteiger partial charge in [0.05, 0.1) is 13.7 Å². The monoisotopic (exact) mass is 485 g/mol. The van der Waals surface area contributed by atoms with Gasteiger partial charge in [0.2, 0.25) is 5.91 Å². The first-order valence-corrected chi connectivity index (χ1v) is 11.5. The van der Waals surface area contributed by atoms with Crippen LogP contribution in [0.5, 0.6) is 11.5 Å². The number of amides is 1. The molecule has 184 valence electrons. The molecular formula is C29H28FN3O3. The van der Waals surface area contributed by atoms with Crippen molar-refractivity contribution >= 4 is 17.8 Å². The lowest BCUT2D eigenvalue weighted by Crippen LogP contribution is -2.10. The van der Waals surface area contributed by atoms with Crippen molar-refractivity contribution in [1.82, 2.24) is 9.78 Å². The predicted octanol–water partition coefficient (Wildman–Crippen LogP) is 5.93. The van der Waals surface area contributed by atoms with Crippen molar-refractivity contribution in [3.8, 4) is 11.5 Å². The second kappa shape index (κ2) is 11.4. The fourth-order valence-electron chi connectivity index (χ4n) is 3.75. The minimum Gasteiger partial charge on any atom is -0.496 e. The van der Waals surface area contributed by atoms with E-state index < -0.39 is 0 Å². The molecular weight excluding hydrogens is 457 g/mol. The lowest BCUT2D eigenvalue weighted by molar-refractivity contribution is -0.111. The maximum atomic E-state index is 14.0. The molecule has 0 atom stereocenters. The molecule has 0 aliphatic rings. The van der Waals surface area contributed by atoms with E-state index in [1.165, 1.54) is 12.1 Å². The number of benzene rings is 3. The molecule has 4 rings (SSSR count). The Morgan fingerprint density at radius 2 is 1.78 bits per heavy atom. The molecule has 1 amide bonds. The van der Waals surface area contributed by atoms with E-state index in [0.717, 1.165) is 28.1 Å². The van der Waals surface area contributed by atoms with E-state index in [1.807, 2.05) is 56.3 Å². The SMILES string of the molecule is COc1ccc(/C=C/C(=O)Nc2cc(C)n(Cc3ccccc3F)n2)cc1COc1ccccc1C. The number of carbonyl (C=O) groups excluding carboxylic acids is 1. The van der Waals surface area contributed by atoms with Crippen LogP contribution in [0.3, 0.4) is 0 Å². The van der Waals surface area contributed by atoms with Crippen molar-refractivity contribution in [3.63, 3.8) is 0 Å². The molecule has 6 nitrogen and oxygen atoms in total. The Morgan fingerprint density at radius 1 is 1.00 bits per heavy atom. The molecule has 0 spiro atoms. The van der Waals surface area contributed by atoms with Gasteiger partial charge < -0.3 is 14.8 Å². The molecule has 4 aromatic rings. The molecule has 1 N–H and O–H groups in total. The number of anilines is 1. The summed E-state index contributed by atoms with van der Waals surface area (Å²) in [6.45, 7) is 4.47. The van der Waals surface area contributed by atoms with Crippen LogP contribution in [-0.4, -0.2) is 22.8 Å². The third-order valence-corrected chi connectivity index (χ3v) is 5.72. The minimum absolute atomic E-state index is 0.281. The van der Waals surface area contributed by atoms with Crippen molar-refractivity contribution in [2.45, 2.75) is 27.0 Å². The van der Waals surface area contributed by atoms with Gasteiger partial charge in [0.25, 0.3) is 0 Å². The fraction of sp³-hybridized carbons (Fsp3) is 0.172. The topological polar surface area (TPSA) is 65.4 Å². The van der Waals surface area contributed by atoms with Crippen LogP contribution in [0.15, 0.2) is 78.9 Å². The highest BCUT2D eigenvalue weighted by atomic mass is 19.1. The average Bonchev–Trinajstić information content (AvgIpc) is 3.21. The molecule has 0 fully saturated rings. The van der Waals surface area contributed by atoms with Crippen molar-refractivity contribution in [3.05, 3.63) is 113 Å². The molecule has 0 bridgehead atoms. The second-order valence-electron chi connectivity index (χ2n) is 8.37.